The number of ether oxygens (including phenoxy) is 1. The Balaban J connectivity index is 0.000000455. The Morgan fingerprint density at radius 1 is 0.814 bits per heavy atom. The Hall–Kier alpha value is -4.59. The number of β-amino-alcohol motifs (C(OH)–C–C–N with tert-alkyl or cyclic N) is 1. The number of benzene rings is 2. The molecule has 13 nitrogen and oxygen atoms in total. The lowest BCUT2D eigenvalue weighted by Gasteiger charge is -2.35. The predicted octanol–water partition coefficient (Wildman–Crippen LogP) is 2.23. The van der Waals surface area contributed by atoms with Gasteiger partial charge in [-0.3, -0.25) is 9.88 Å². The zero-order chi connectivity index (χ0) is 31.8. The fraction of sp³-hybridized carbons (Fsp3) is 0.367. The van der Waals surface area contributed by atoms with Gasteiger partial charge >= 0.3 is 23.9 Å². The normalized spacial score (nSPS) is 13.9. The summed E-state index contributed by atoms with van der Waals surface area (Å²) in [6, 6.07) is 18.5. The number of carbonyl (C=O) groups is 4. The predicted molar refractivity (Wildman–Crippen MR) is 156 cm³/mol. The highest BCUT2D eigenvalue weighted by molar-refractivity contribution is 6.27. The Labute approximate surface area is 248 Å². The maximum atomic E-state index is 11.0. The number of fused-ring (bicyclic) bond motifs is 1. The number of aliphatic hydroxyl groups excluding tert-OH is 1. The topological polar surface area (TPSA) is 198 Å². The van der Waals surface area contributed by atoms with Crippen LogP contribution in [0, 0.1) is 0 Å². The molecule has 1 saturated heterocycles. The number of aliphatic carboxylic acids is 4. The second-order valence-electron chi connectivity index (χ2n) is 9.60. The summed E-state index contributed by atoms with van der Waals surface area (Å²) in [5, 5.41) is 41.5. The molecule has 1 aromatic heterocycles. The van der Waals surface area contributed by atoms with Crippen LogP contribution >= 0.6 is 0 Å². The van der Waals surface area contributed by atoms with Crippen LogP contribution in [0.1, 0.15) is 30.1 Å². The van der Waals surface area contributed by atoms with Crippen molar-refractivity contribution in [3.63, 3.8) is 0 Å². The molecule has 5 N–H and O–H groups in total. The number of aromatic nitrogens is 1. The molecular weight excluding hydrogens is 562 g/mol. The highest BCUT2D eigenvalue weighted by Crippen LogP contribution is 2.27. The number of carboxylic acids is 4. The van der Waals surface area contributed by atoms with Crippen LogP contribution in [-0.2, 0) is 25.6 Å². The molecule has 0 amide bonds. The van der Waals surface area contributed by atoms with Crippen molar-refractivity contribution in [2.24, 2.45) is 0 Å². The van der Waals surface area contributed by atoms with Crippen LogP contribution in [0.2, 0.25) is 0 Å². The number of aliphatic hydroxyl groups is 1. The first-order chi connectivity index (χ1) is 20.5. The van der Waals surface area contributed by atoms with Gasteiger partial charge in [-0.15, -0.1) is 0 Å². The van der Waals surface area contributed by atoms with Crippen LogP contribution in [0.25, 0.3) is 10.9 Å². The van der Waals surface area contributed by atoms with E-state index < -0.39 is 30.0 Å². The van der Waals surface area contributed by atoms with Gasteiger partial charge in [-0.1, -0.05) is 30.3 Å². The van der Waals surface area contributed by atoms with Crippen LogP contribution < -0.4 is 4.74 Å². The molecule has 2 heterocycles. The summed E-state index contributed by atoms with van der Waals surface area (Å²) in [4.78, 5) is 45.8. The fourth-order valence-corrected chi connectivity index (χ4v) is 4.41. The van der Waals surface area contributed by atoms with E-state index in [1.807, 2.05) is 24.3 Å². The second kappa shape index (κ2) is 18.1. The maximum absolute atomic E-state index is 11.0. The monoisotopic (exact) mass is 599 g/mol. The highest BCUT2D eigenvalue weighted by Gasteiger charge is 2.21. The molecule has 1 aliphatic heterocycles. The molecule has 1 atom stereocenters. The third kappa shape index (κ3) is 12.4. The van der Waals surface area contributed by atoms with Gasteiger partial charge in [-0.2, -0.15) is 0 Å². The Morgan fingerprint density at radius 2 is 1.40 bits per heavy atom. The molecule has 0 bridgehead atoms. The van der Waals surface area contributed by atoms with E-state index in [0.29, 0.717) is 6.54 Å². The van der Waals surface area contributed by atoms with Crippen molar-refractivity contribution in [2.75, 3.05) is 46.4 Å². The summed E-state index contributed by atoms with van der Waals surface area (Å²) in [6.45, 7) is 5.96. The number of hydrogen-bond acceptors (Lipinski definition) is 9. The van der Waals surface area contributed by atoms with Crippen molar-refractivity contribution in [3.05, 3.63) is 71.9 Å². The molecule has 0 radical (unpaired) electrons. The quantitative estimate of drug-likeness (QED) is 0.177. The van der Waals surface area contributed by atoms with E-state index in [2.05, 4.69) is 45.1 Å². The van der Waals surface area contributed by atoms with Crippen LogP contribution in [0.3, 0.4) is 0 Å². The van der Waals surface area contributed by atoms with Gasteiger partial charge in [0.2, 0.25) is 0 Å². The minimum absolute atomic E-state index is 0.532. The smallest absolute Gasteiger partial charge is 0.414 e. The molecule has 232 valence electrons. The van der Waals surface area contributed by atoms with Gasteiger partial charge in [0.15, 0.2) is 0 Å². The van der Waals surface area contributed by atoms with Gasteiger partial charge < -0.3 is 35.2 Å². The molecule has 0 spiro atoms. The lowest BCUT2D eigenvalue weighted by Crippen LogP contribution is -2.47. The minimum atomic E-state index is -1.82. The average Bonchev–Trinajstić information content (AvgIpc) is 3.00. The summed E-state index contributed by atoms with van der Waals surface area (Å²) >= 11 is 0. The summed E-state index contributed by atoms with van der Waals surface area (Å²) < 4.78 is 5.36. The Morgan fingerprint density at radius 3 is 1.95 bits per heavy atom. The zero-order valence-electron chi connectivity index (χ0n) is 23.8. The molecule has 43 heavy (non-hydrogen) atoms. The van der Waals surface area contributed by atoms with Crippen molar-refractivity contribution in [1.82, 2.24) is 14.8 Å². The van der Waals surface area contributed by atoms with E-state index in [0.717, 1.165) is 61.4 Å². The number of pyridine rings is 1. The van der Waals surface area contributed by atoms with E-state index in [1.54, 1.807) is 13.3 Å². The zero-order valence-corrected chi connectivity index (χ0v) is 23.8. The molecule has 0 aliphatic carbocycles. The van der Waals surface area contributed by atoms with E-state index in [4.69, 9.17) is 44.3 Å². The van der Waals surface area contributed by atoms with Crippen LogP contribution in [0.4, 0.5) is 0 Å². The molecular formula is C30H37N3O10. The van der Waals surface area contributed by atoms with Crippen LogP contribution in [0.5, 0.6) is 5.75 Å². The van der Waals surface area contributed by atoms with Gasteiger partial charge in [-0.05, 0) is 61.2 Å². The van der Waals surface area contributed by atoms with Gasteiger partial charge in [0.25, 0.3) is 0 Å². The molecule has 4 rings (SSSR count). The fourth-order valence-electron chi connectivity index (χ4n) is 4.41. The second-order valence-corrected chi connectivity index (χ2v) is 9.60. The maximum Gasteiger partial charge on any atom is 0.414 e. The van der Waals surface area contributed by atoms with Crippen molar-refractivity contribution in [2.45, 2.75) is 25.4 Å². The van der Waals surface area contributed by atoms with Gasteiger partial charge in [0, 0.05) is 44.3 Å². The number of methoxy groups -OCH3 is 1. The SMILES string of the molecule is COc1ccc2nccc([C@@H](O)CN3CCN(CCCCc4ccccc4)CC3)c2c1.O=C(O)C(=O)O.O=C(O)C(=O)O. The van der Waals surface area contributed by atoms with E-state index in [1.165, 1.54) is 18.4 Å². The Bertz CT molecular complexity index is 1300. The number of unbranched alkanes of at least 4 members (excludes halogenated alkanes) is 1. The van der Waals surface area contributed by atoms with Crippen molar-refractivity contribution in [1.29, 1.82) is 0 Å². The summed E-state index contributed by atoms with van der Waals surface area (Å²) in [7, 11) is 1.66. The molecule has 3 aromatic rings. The highest BCUT2D eigenvalue weighted by atomic mass is 16.5. The van der Waals surface area contributed by atoms with Gasteiger partial charge in [0.1, 0.15) is 5.75 Å². The van der Waals surface area contributed by atoms with E-state index >= 15 is 0 Å². The van der Waals surface area contributed by atoms with Gasteiger partial charge in [0.05, 0.1) is 18.7 Å². The third-order valence-electron chi connectivity index (χ3n) is 6.64. The standard InChI is InChI=1S/C26H33N3O2.2C2H2O4/c1-31-22-10-11-25-24(19-22)23(12-13-27-25)26(30)20-29-17-15-28(16-18-29)14-6-5-9-21-7-3-2-4-8-21;2*3-1(4)2(5)6/h2-4,7-8,10-13,19,26,30H,5-6,9,14-18,20H2,1H3;2*(H,3,4)(H,5,6)/t26-;;/m0../s1. The number of nitrogens with zero attached hydrogens (tertiary/aromatic N) is 3. The lowest BCUT2D eigenvalue weighted by molar-refractivity contribution is -0.159. The number of aryl methyl sites for hydroxylation is 1. The number of hydrogen-bond donors (Lipinski definition) is 5. The first-order valence-corrected chi connectivity index (χ1v) is 13.5. The molecule has 0 unspecified atom stereocenters. The summed E-state index contributed by atoms with van der Waals surface area (Å²) in [5.74, 6) is -6.51. The first-order valence-electron chi connectivity index (χ1n) is 13.5. The third-order valence-corrected chi connectivity index (χ3v) is 6.64. The summed E-state index contributed by atoms with van der Waals surface area (Å²) in [5.41, 5.74) is 3.24. The largest absolute Gasteiger partial charge is 0.497 e. The first kappa shape index (κ1) is 34.6. The van der Waals surface area contributed by atoms with Crippen molar-refractivity contribution < 1.29 is 49.4 Å². The molecule has 1 fully saturated rings. The van der Waals surface area contributed by atoms with Crippen LogP contribution in [-0.4, -0.2) is 111 Å². The summed E-state index contributed by atoms with van der Waals surface area (Å²) in [6.07, 6.45) is 4.89. The number of rotatable bonds is 9. The van der Waals surface area contributed by atoms with Crippen molar-refractivity contribution in [3.8, 4) is 5.75 Å². The molecule has 1 aliphatic rings. The average molecular weight is 600 g/mol. The van der Waals surface area contributed by atoms with Crippen molar-refractivity contribution >= 4 is 34.8 Å². The molecule has 13 heteroatoms. The number of piperazine rings is 1. The van der Waals surface area contributed by atoms with Gasteiger partial charge in [-0.25, -0.2) is 19.2 Å². The van der Waals surface area contributed by atoms with E-state index in [-0.39, 0.29) is 0 Å². The van der Waals surface area contributed by atoms with E-state index in [9.17, 15) is 5.11 Å². The lowest BCUT2D eigenvalue weighted by atomic mass is 10.0. The minimum Gasteiger partial charge on any atom is -0.497 e. The molecule has 0 saturated carbocycles. The van der Waals surface area contributed by atoms with Crippen LogP contribution in [0.15, 0.2) is 60.8 Å². The number of carboxylic acid groups (broad SMARTS) is 4. The Kier molecular flexibility index (Phi) is 14.5. The molecule has 2 aromatic carbocycles.